The van der Waals surface area contributed by atoms with Gasteiger partial charge in [0.25, 0.3) is 0 Å². The first-order chi connectivity index (χ1) is 9.90. The molecule has 114 valence electrons. The number of nitriles is 1. The molecule has 0 radical (unpaired) electrons. The average molecular weight is 307 g/mol. The number of piperazine rings is 1. The van der Waals surface area contributed by atoms with Gasteiger partial charge in [-0.15, -0.1) is 0 Å². The third kappa shape index (κ3) is 3.10. The van der Waals surface area contributed by atoms with E-state index < -0.39 is 10.0 Å². The maximum absolute atomic E-state index is 12.7. The topological polar surface area (TPSA) is 64.4 Å². The van der Waals surface area contributed by atoms with Gasteiger partial charge in [0.2, 0.25) is 10.0 Å². The second-order valence-corrected chi connectivity index (χ2v) is 7.43. The molecule has 1 unspecified atom stereocenters. The first-order valence-corrected chi connectivity index (χ1v) is 8.55. The first kappa shape index (κ1) is 16.0. The van der Waals surface area contributed by atoms with Gasteiger partial charge >= 0.3 is 0 Å². The zero-order valence-electron chi connectivity index (χ0n) is 12.7. The van der Waals surface area contributed by atoms with Crippen molar-refractivity contribution in [3.63, 3.8) is 0 Å². The van der Waals surface area contributed by atoms with E-state index in [-0.39, 0.29) is 10.9 Å². The molecule has 0 aromatic heterocycles. The van der Waals surface area contributed by atoms with Crippen LogP contribution in [0.4, 0.5) is 0 Å². The summed E-state index contributed by atoms with van der Waals surface area (Å²) in [4.78, 5) is 2.48. The molecule has 0 saturated carbocycles. The minimum Gasteiger partial charge on any atom is -0.301 e. The van der Waals surface area contributed by atoms with Crippen LogP contribution >= 0.6 is 0 Å². The number of aryl methyl sites for hydroxylation is 1. The van der Waals surface area contributed by atoms with Crippen molar-refractivity contribution in [1.82, 2.24) is 9.21 Å². The van der Waals surface area contributed by atoms with Gasteiger partial charge in [-0.3, -0.25) is 0 Å². The third-order valence-electron chi connectivity index (χ3n) is 4.17. The number of benzene rings is 1. The highest BCUT2D eigenvalue weighted by atomic mass is 32.2. The summed E-state index contributed by atoms with van der Waals surface area (Å²) in [6, 6.07) is 7.02. The number of rotatable bonds is 3. The van der Waals surface area contributed by atoms with Gasteiger partial charge in [0.05, 0.1) is 16.5 Å². The standard InChI is InChI=1S/C15H21N3O2S/c1-4-14-11-18(8-7-17(14)3)21(19,20)15-6-5-13(10-16)12(2)9-15/h5-6,9,14H,4,7-8,11H2,1-3H3. The van der Waals surface area contributed by atoms with Crippen molar-refractivity contribution >= 4 is 10.0 Å². The van der Waals surface area contributed by atoms with Gasteiger partial charge in [-0.05, 0) is 44.2 Å². The molecule has 0 N–H and O–H groups in total. The van der Waals surface area contributed by atoms with Crippen molar-refractivity contribution in [2.75, 3.05) is 26.7 Å². The van der Waals surface area contributed by atoms with Gasteiger partial charge < -0.3 is 4.90 Å². The van der Waals surface area contributed by atoms with Gasteiger partial charge in [-0.25, -0.2) is 8.42 Å². The molecule has 1 aliphatic heterocycles. The molecular weight excluding hydrogens is 286 g/mol. The van der Waals surface area contributed by atoms with Crippen molar-refractivity contribution < 1.29 is 8.42 Å². The fourth-order valence-corrected chi connectivity index (χ4v) is 4.20. The van der Waals surface area contributed by atoms with Gasteiger partial charge in [0.1, 0.15) is 0 Å². The second-order valence-electron chi connectivity index (χ2n) is 5.49. The third-order valence-corrected chi connectivity index (χ3v) is 6.03. The minimum atomic E-state index is -3.48. The lowest BCUT2D eigenvalue weighted by Gasteiger charge is -2.38. The highest BCUT2D eigenvalue weighted by Gasteiger charge is 2.32. The largest absolute Gasteiger partial charge is 0.301 e. The molecule has 0 aliphatic carbocycles. The number of hydrogen-bond acceptors (Lipinski definition) is 4. The van der Waals surface area contributed by atoms with E-state index in [1.54, 1.807) is 23.4 Å². The summed E-state index contributed by atoms with van der Waals surface area (Å²) < 4.78 is 27.0. The SMILES string of the molecule is CCC1CN(S(=O)(=O)c2ccc(C#N)c(C)c2)CCN1C. The molecule has 21 heavy (non-hydrogen) atoms. The zero-order chi connectivity index (χ0) is 15.6. The van der Waals surface area contributed by atoms with Crippen molar-refractivity contribution in [1.29, 1.82) is 5.26 Å². The van der Waals surface area contributed by atoms with Crippen molar-refractivity contribution in [3.8, 4) is 6.07 Å². The molecule has 1 atom stereocenters. The summed E-state index contributed by atoms with van der Waals surface area (Å²) in [5, 5.41) is 8.94. The average Bonchev–Trinajstić information content (AvgIpc) is 2.47. The summed E-state index contributed by atoms with van der Waals surface area (Å²) in [5.74, 6) is 0. The van der Waals surface area contributed by atoms with Gasteiger partial charge in [-0.1, -0.05) is 6.92 Å². The second kappa shape index (κ2) is 6.14. The molecule has 1 aromatic carbocycles. The molecule has 0 amide bonds. The van der Waals surface area contributed by atoms with Crippen LogP contribution < -0.4 is 0 Å². The Morgan fingerprint density at radius 2 is 2.10 bits per heavy atom. The minimum absolute atomic E-state index is 0.257. The van der Waals surface area contributed by atoms with Gasteiger partial charge in [0, 0.05) is 25.7 Å². The zero-order valence-corrected chi connectivity index (χ0v) is 13.5. The Morgan fingerprint density at radius 1 is 1.38 bits per heavy atom. The molecule has 2 rings (SSSR count). The van der Waals surface area contributed by atoms with Crippen LogP contribution in [0.5, 0.6) is 0 Å². The van der Waals surface area contributed by atoms with Crippen LogP contribution in [-0.4, -0.2) is 50.3 Å². The fourth-order valence-electron chi connectivity index (χ4n) is 2.65. The van der Waals surface area contributed by atoms with Gasteiger partial charge in [-0.2, -0.15) is 9.57 Å². The Morgan fingerprint density at radius 3 is 2.67 bits per heavy atom. The number of nitrogens with zero attached hydrogens (tertiary/aromatic N) is 3. The predicted molar refractivity (Wildman–Crippen MR) is 81.4 cm³/mol. The lowest BCUT2D eigenvalue weighted by Crippen LogP contribution is -2.52. The summed E-state index contributed by atoms with van der Waals surface area (Å²) in [6.45, 7) is 5.61. The fraction of sp³-hybridized carbons (Fsp3) is 0.533. The summed E-state index contributed by atoms with van der Waals surface area (Å²) in [5.41, 5.74) is 1.21. The Balaban J connectivity index is 2.30. The molecule has 1 aromatic rings. The highest BCUT2D eigenvalue weighted by molar-refractivity contribution is 7.89. The molecule has 0 spiro atoms. The molecule has 1 heterocycles. The molecule has 1 aliphatic rings. The maximum atomic E-state index is 12.7. The summed E-state index contributed by atoms with van der Waals surface area (Å²) in [6.07, 6.45) is 0.926. The monoisotopic (exact) mass is 307 g/mol. The molecule has 5 nitrogen and oxygen atoms in total. The summed E-state index contributed by atoms with van der Waals surface area (Å²) >= 11 is 0. The van der Waals surface area contributed by atoms with Crippen molar-refractivity contribution in [2.45, 2.75) is 31.2 Å². The number of sulfonamides is 1. The maximum Gasteiger partial charge on any atom is 0.243 e. The van der Waals surface area contributed by atoms with Gasteiger partial charge in [0.15, 0.2) is 0 Å². The van der Waals surface area contributed by atoms with Crippen LogP contribution in [0.15, 0.2) is 23.1 Å². The number of hydrogen-bond donors (Lipinski definition) is 0. The number of likely N-dealkylation sites (N-methyl/N-ethyl adjacent to an activating group) is 1. The van der Waals surface area contributed by atoms with Crippen LogP contribution in [0.2, 0.25) is 0 Å². The lowest BCUT2D eigenvalue weighted by atomic mass is 10.1. The quantitative estimate of drug-likeness (QED) is 0.850. The van der Waals surface area contributed by atoms with E-state index in [0.717, 1.165) is 13.0 Å². The first-order valence-electron chi connectivity index (χ1n) is 7.11. The lowest BCUT2D eigenvalue weighted by molar-refractivity contribution is 0.144. The molecule has 6 heteroatoms. The smallest absolute Gasteiger partial charge is 0.243 e. The van der Waals surface area contributed by atoms with Crippen LogP contribution in [-0.2, 0) is 10.0 Å². The van der Waals surface area contributed by atoms with E-state index in [0.29, 0.717) is 24.2 Å². The van der Waals surface area contributed by atoms with Crippen molar-refractivity contribution in [2.24, 2.45) is 0 Å². The van der Waals surface area contributed by atoms with E-state index in [9.17, 15) is 8.42 Å². The Kier molecular flexibility index (Phi) is 4.67. The van der Waals surface area contributed by atoms with Crippen LogP contribution in [0.3, 0.4) is 0 Å². The Labute approximate surface area is 126 Å². The highest BCUT2D eigenvalue weighted by Crippen LogP contribution is 2.22. The summed E-state index contributed by atoms with van der Waals surface area (Å²) in [7, 11) is -1.45. The predicted octanol–water partition coefficient (Wildman–Crippen LogP) is 1.58. The van der Waals surface area contributed by atoms with E-state index in [2.05, 4.69) is 17.9 Å². The normalized spacial score (nSPS) is 21.1. The molecular formula is C15H21N3O2S. The molecule has 0 bridgehead atoms. The Hall–Kier alpha value is -1.42. The van der Waals surface area contributed by atoms with E-state index in [1.165, 1.54) is 6.07 Å². The van der Waals surface area contributed by atoms with Crippen molar-refractivity contribution in [3.05, 3.63) is 29.3 Å². The molecule has 1 fully saturated rings. The van der Waals surface area contributed by atoms with E-state index >= 15 is 0 Å². The Bertz CT molecular complexity index is 664. The van der Waals surface area contributed by atoms with E-state index in [4.69, 9.17) is 5.26 Å². The molecule has 1 saturated heterocycles. The van der Waals surface area contributed by atoms with Crippen LogP contribution in [0.25, 0.3) is 0 Å². The van der Waals surface area contributed by atoms with Crippen LogP contribution in [0, 0.1) is 18.3 Å². The van der Waals surface area contributed by atoms with Crippen LogP contribution in [0.1, 0.15) is 24.5 Å². The van der Waals surface area contributed by atoms with E-state index in [1.807, 2.05) is 7.05 Å².